The summed E-state index contributed by atoms with van der Waals surface area (Å²) >= 11 is 0. The second-order valence-electron chi connectivity index (χ2n) is 7.60. The molecular weight excluding hydrogens is 410 g/mol. The molecular formula is C25H25NO6. The van der Waals surface area contributed by atoms with Crippen LogP contribution in [0.5, 0.6) is 11.5 Å². The number of nitrogens with two attached hydrogens (primary N) is 1. The van der Waals surface area contributed by atoms with Gasteiger partial charge < -0.3 is 24.7 Å². The molecule has 0 spiro atoms. The zero-order valence-electron chi connectivity index (χ0n) is 18.1. The number of rotatable bonds is 6. The molecule has 166 valence electrons. The molecule has 1 aliphatic heterocycles. The van der Waals surface area contributed by atoms with Crippen molar-refractivity contribution in [1.82, 2.24) is 0 Å². The first-order valence-electron chi connectivity index (χ1n) is 10.4. The summed E-state index contributed by atoms with van der Waals surface area (Å²) in [5.74, 6) is 0.106. The second kappa shape index (κ2) is 9.18. The van der Waals surface area contributed by atoms with E-state index in [2.05, 4.69) is 0 Å². The molecule has 0 fully saturated rings. The minimum atomic E-state index is -0.698. The van der Waals surface area contributed by atoms with Crippen molar-refractivity contribution in [2.45, 2.75) is 31.8 Å². The van der Waals surface area contributed by atoms with Crippen molar-refractivity contribution in [3.8, 4) is 11.5 Å². The van der Waals surface area contributed by atoms with Crippen LogP contribution >= 0.6 is 0 Å². The van der Waals surface area contributed by atoms with E-state index in [1.165, 1.54) is 7.11 Å². The van der Waals surface area contributed by atoms with Gasteiger partial charge in [0.15, 0.2) is 17.3 Å². The van der Waals surface area contributed by atoms with Crippen molar-refractivity contribution in [1.29, 1.82) is 0 Å². The molecule has 0 aromatic heterocycles. The summed E-state index contributed by atoms with van der Waals surface area (Å²) in [4.78, 5) is 25.4. The van der Waals surface area contributed by atoms with Crippen LogP contribution in [0.3, 0.4) is 0 Å². The van der Waals surface area contributed by atoms with E-state index in [4.69, 9.17) is 24.7 Å². The third kappa shape index (κ3) is 4.06. The Morgan fingerprint density at radius 2 is 1.88 bits per heavy atom. The maximum absolute atomic E-state index is 12.8. The Hall–Kier alpha value is -3.74. The van der Waals surface area contributed by atoms with Gasteiger partial charge in [-0.15, -0.1) is 0 Å². The highest BCUT2D eigenvalue weighted by atomic mass is 16.5. The monoisotopic (exact) mass is 435 g/mol. The number of benzene rings is 2. The van der Waals surface area contributed by atoms with Gasteiger partial charge >= 0.3 is 5.97 Å². The summed E-state index contributed by atoms with van der Waals surface area (Å²) in [7, 11) is 2.81. The number of Topliss-reactive ketones (excluding diaryl/α,β-unsaturated/α-hetero) is 1. The van der Waals surface area contributed by atoms with Crippen LogP contribution in [0.2, 0.25) is 0 Å². The molecule has 32 heavy (non-hydrogen) atoms. The normalized spacial score (nSPS) is 18.1. The van der Waals surface area contributed by atoms with E-state index in [1.54, 1.807) is 19.2 Å². The third-order valence-corrected chi connectivity index (χ3v) is 5.65. The topological polar surface area (TPSA) is 97.1 Å². The van der Waals surface area contributed by atoms with Gasteiger partial charge in [0.2, 0.25) is 5.88 Å². The minimum Gasteiger partial charge on any atom is -0.493 e. The number of ether oxygens (including phenoxy) is 4. The number of ketones is 1. The fourth-order valence-corrected chi connectivity index (χ4v) is 4.12. The molecule has 7 nitrogen and oxygen atoms in total. The zero-order valence-corrected chi connectivity index (χ0v) is 18.1. The summed E-state index contributed by atoms with van der Waals surface area (Å²) in [5, 5.41) is 0. The first-order chi connectivity index (χ1) is 15.5. The molecule has 2 aromatic carbocycles. The Bertz CT molecular complexity index is 1100. The van der Waals surface area contributed by atoms with E-state index >= 15 is 0 Å². The molecule has 1 unspecified atom stereocenters. The highest BCUT2D eigenvalue weighted by Gasteiger charge is 2.41. The van der Waals surface area contributed by atoms with Crippen LogP contribution in [-0.2, 0) is 25.7 Å². The highest BCUT2D eigenvalue weighted by Crippen LogP contribution is 2.45. The van der Waals surface area contributed by atoms with Gasteiger partial charge in [-0.3, -0.25) is 4.79 Å². The summed E-state index contributed by atoms with van der Waals surface area (Å²) in [6, 6.07) is 15.1. The standard InChI is InChI=1S/C25H25NO6/c1-29-20-13-16(11-12-18(20)31-14-15-7-4-3-5-8-15)21-22-17(27)9-6-10-19(22)32-24(26)23(21)25(28)30-2/h3-5,7-8,11-13,21H,6,9-10,14,26H2,1-2H3. The minimum absolute atomic E-state index is 0.0429. The zero-order chi connectivity index (χ0) is 22.7. The quantitative estimate of drug-likeness (QED) is 0.691. The maximum atomic E-state index is 12.8. The summed E-state index contributed by atoms with van der Waals surface area (Å²) < 4.78 is 22.1. The molecule has 0 radical (unpaired) electrons. The van der Waals surface area contributed by atoms with Gasteiger partial charge in [0.25, 0.3) is 0 Å². The van der Waals surface area contributed by atoms with Gasteiger partial charge in [0.1, 0.15) is 17.9 Å². The molecule has 1 atom stereocenters. The van der Waals surface area contributed by atoms with Crippen LogP contribution in [0.25, 0.3) is 0 Å². The van der Waals surface area contributed by atoms with E-state index in [0.717, 1.165) is 5.56 Å². The van der Waals surface area contributed by atoms with E-state index in [0.29, 0.717) is 54.3 Å². The molecule has 0 amide bonds. The summed E-state index contributed by atoms with van der Waals surface area (Å²) in [5.41, 5.74) is 8.36. The van der Waals surface area contributed by atoms with Crippen LogP contribution in [0.4, 0.5) is 0 Å². The van der Waals surface area contributed by atoms with Crippen LogP contribution in [0, 0.1) is 0 Å². The van der Waals surface area contributed by atoms with Crippen molar-refractivity contribution < 1.29 is 28.5 Å². The van der Waals surface area contributed by atoms with Gasteiger partial charge in [-0.05, 0) is 29.7 Å². The van der Waals surface area contributed by atoms with Gasteiger partial charge in [-0.25, -0.2) is 4.79 Å². The van der Waals surface area contributed by atoms with Crippen LogP contribution < -0.4 is 15.2 Å². The predicted octanol–water partition coefficient (Wildman–Crippen LogP) is 3.74. The number of methoxy groups -OCH3 is 2. The van der Waals surface area contributed by atoms with Crippen LogP contribution in [-0.4, -0.2) is 26.0 Å². The number of hydrogen-bond donors (Lipinski definition) is 1. The van der Waals surface area contributed by atoms with E-state index in [-0.39, 0.29) is 17.2 Å². The number of carbonyl (C=O) groups is 2. The molecule has 7 heteroatoms. The lowest BCUT2D eigenvalue weighted by Crippen LogP contribution is -2.31. The maximum Gasteiger partial charge on any atom is 0.340 e. The van der Waals surface area contributed by atoms with E-state index in [9.17, 15) is 9.59 Å². The summed E-state index contributed by atoms with van der Waals surface area (Å²) in [6.07, 6.45) is 1.66. The average Bonchev–Trinajstić information content (AvgIpc) is 2.82. The first-order valence-corrected chi connectivity index (χ1v) is 10.4. The molecule has 4 rings (SSSR count). The fraction of sp³-hybridized carbons (Fsp3) is 0.280. The molecule has 2 aliphatic rings. The largest absolute Gasteiger partial charge is 0.493 e. The first kappa shape index (κ1) is 21.5. The Kier molecular flexibility index (Phi) is 6.16. The highest BCUT2D eigenvalue weighted by molar-refractivity contribution is 6.03. The number of carbonyl (C=O) groups excluding carboxylic acids is 2. The Labute approximate surface area is 186 Å². The molecule has 1 aliphatic carbocycles. The fourth-order valence-electron chi connectivity index (χ4n) is 4.12. The van der Waals surface area contributed by atoms with Gasteiger partial charge in [-0.2, -0.15) is 0 Å². The van der Waals surface area contributed by atoms with E-state index < -0.39 is 11.9 Å². The molecule has 0 saturated carbocycles. The summed E-state index contributed by atoms with van der Waals surface area (Å²) in [6.45, 7) is 0.377. The SMILES string of the molecule is COC(=O)C1=C(N)OC2=C(C(=O)CCC2)C1c1ccc(OCc2ccccc2)c(OC)c1. The second-order valence-corrected chi connectivity index (χ2v) is 7.60. The van der Waals surface area contributed by atoms with Crippen LogP contribution in [0.15, 0.2) is 71.3 Å². The van der Waals surface area contributed by atoms with Crippen molar-refractivity contribution in [2.24, 2.45) is 5.73 Å². The molecule has 2 N–H and O–H groups in total. The van der Waals surface area contributed by atoms with Crippen LogP contribution in [0.1, 0.15) is 36.3 Å². The lowest BCUT2D eigenvalue weighted by atomic mass is 9.77. The number of esters is 1. The Morgan fingerprint density at radius 3 is 2.59 bits per heavy atom. The molecule has 2 aromatic rings. The molecule has 1 heterocycles. The van der Waals surface area contributed by atoms with Crippen molar-refractivity contribution in [2.75, 3.05) is 14.2 Å². The van der Waals surface area contributed by atoms with Gasteiger partial charge in [0.05, 0.1) is 20.1 Å². The smallest absolute Gasteiger partial charge is 0.340 e. The molecule has 0 bridgehead atoms. The predicted molar refractivity (Wildman–Crippen MR) is 117 cm³/mol. The van der Waals surface area contributed by atoms with Crippen molar-refractivity contribution in [3.63, 3.8) is 0 Å². The lowest BCUT2D eigenvalue weighted by Gasteiger charge is -2.32. The number of allylic oxidation sites excluding steroid dienone is 2. The molecule has 0 saturated heterocycles. The van der Waals surface area contributed by atoms with Crippen molar-refractivity contribution in [3.05, 3.63) is 82.4 Å². The van der Waals surface area contributed by atoms with Gasteiger partial charge in [0, 0.05) is 18.4 Å². The Morgan fingerprint density at radius 1 is 1.09 bits per heavy atom. The average molecular weight is 435 g/mol. The number of hydrogen-bond acceptors (Lipinski definition) is 7. The van der Waals surface area contributed by atoms with Gasteiger partial charge in [-0.1, -0.05) is 36.4 Å². The van der Waals surface area contributed by atoms with E-state index in [1.807, 2.05) is 36.4 Å². The lowest BCUT2D eigenvalue weighted by molar-refractivity contribution is -0.136. The Balaban J connectivity index is 1.73. The third-order valence-electron chi connectivity index (χ3n) is 5.65. The van der Waals surface area contributed by atoms with Crippen molar-refractivity contribution >= 4 is 11.8 Å².